The first-order valence-corrected chi connectivity index (χ1v) is 6.79. The summed E-state index contributed by atoms with van der Waals surface area (Å²) >= 11 is 0. The minimum Gasteiger partial charge on any atom is -0.465 e. The first-order chi connectivity index (χ1) is 10.6. The van der Waals surface area contributed by atoms with Crippen molar-refractivity contribution in [1.29, 1.82) is 0 Å². The molecule has 0 amide bonds. The maximum absolute atomic E-state index is 12.7. The average molecular weight is 294 g/mol. The lowest BCUT2D eigenvalue weighted by atomic mass is 10.1. The lowest BCUT2D eigenvalue weighted by Crippen LogP contribution is -2.28. The van der Waals surface area contributed by atoms with Crippen LogP contribution in [0.5, 0.6) is 0 Å². The summed E-state index contributed by atoms with van der Waals surface area (Å²) in [4.78, 5) is 24.7. The zero-order valence-corrected chi connectivity index (χ0v) is 12.2. The zero-order chi connectivity index (χ0) is 15.7. The molecule has 5 heteroatoms. The number of benzene rings is 2. The van der Waals surface area contributed by atoms with Crippen molar-refractivity contribution in [3.8, 4) is 5.69 Å². The summed E-state index contributed by atoms with van der Waals surface area (Å²) in [5, 5.41) is 4.84. The molecule has 2 aromatic carbocycles. The van der Waals surface area contributed by atoms with Crippen LogP contribution >= 0.6 is 0 Å². The molecule has 0 fully saturated rings. The lowest BCUT2D eigenvalue weighted by molar-refractivity contribution is 0.0600. The molecule has 0 aliphatic heterocycles. The smallest absolute Gasteiger partial charge is 0.344 e. The van der Waals surface area contributed by atoms with Gasteiger partial charge in [0.2, 0.25) is 0 Å². The second kappa shape index (κ2) is 5.44. The number of carbonyl (C=O) groups excluding carboxylic acids is 1. The van der Waals surface area contributed by atoms with Crippen molar-refractivity contribution in [1.82, 2.24) is 9.78 Å². The second-order valence-electron chi connectivity index (χ2n) is 4.94. The quantitative estimate of drug-likeness (QED) is 0.681. The summed E-state index contributed by atoms with van der Waals surface area (Å²) in [6.45, 7) is 1.96. The Bertz CT molecular complexity index is 911. The van der Waals surface area contributed by atoms with Gasteiger partial charge in [-0.1, -0.05) is 35.9 Å². The van der Waals surface area contributed by atoms with Crippen LogP contribution in [-0.4, -0.2) is 22.9 Å². The molecule has 22 heavy (non-hydrogen) atoms. The van der Waals surface area contributed by atoms with Crippen molar-refractivity contribution in [3.05, 3.63) is 70.0 Å². The van der Waals surface area contributed by atoms with Gasteiger partial charge in [-0.15, -0.1) is 0 Å². The number of aryl methyl sites for hydroxylation is 1. The predicted octanol–water partition coefficient (Wildman–Crippen LogP) is 2.48. The molecular formula is C17H14N2O3. The third-order valence-electron chi connectivity index (χ3n) is 3.46. The number of ether oxygens (including phenoxy) is 1. The summed E-state index contributed by atoms with van der Waals surface area (Å²) in [6, 6.07) is 14.4. The molecule has 0 unspecified atom stereocenters. The Labute approximate surface area is 126 Å². The number of nitrogens with zero attached hydrogens (tertiary/aromatic N) is 2. The van der Waals surface area contributed by atoms with Gasteiger partial charge in [0.05, 0.1) is 18.3 Å². The fourth-order valence-electron chi connectivity index (χ4n) is 2.31. The summed E-state index contributed by atoms with van der Waals surface area (Å²) in [6.07, 6.45) is 0. The summed E-state index contributed by atoms with van der Waals surface area (Å²) in [5.41, 5.74) is 1.74. The van der Waals surface area contributed by atoms with Gasteiger partial charge in [-0.3, -0.25) is 4.79 Å². The van der Waals surface area contributed by atoms with E-state index < -0.39 is 11.5 Å². The van der Waals surface area contributed by atoms with E-state index in [0.29, 0.717) is 16.6 Å². The molecule has 1 aromatic heterocycles. The number of hydrogen-bond acceptors (Lipinski definition) is 4. The van der Waals surface area contributed by atoms with Gasteiger partial charge in [0.1, 0.15) is 5.56 Å². The summed E-state index contributed by atoms with van der Waals surface area (Å²) < 4.78 is 5.99. The van der Waals surface area contributed by atoms with Gasteiger partial charge in [0.25, 0.3) is 5.56 Å². The fraction of sp³-hybridized carbons (Fsp3) is 0.118. The predicted molar refractivity (Wildman–Crippen MR) is 83.4 cm³/mol. The van der Waals surface area contributed by atoms with Crippen molar-refractivity contribution >= 4 is 16.9 Å². The Morgan fingerprint density at radius 2 is 1.77 bits per heavy atom. The monoisotopic (exact) mass is 294 g/mol. The molecule has 3 aromatic rings. The van der Waals surface area contributed by atoms with E-state index in [-0.39, 0.29) is 5.56 Å². The highest BCUT2D eigenvalue weighted by molar-refractivity contribution is 6.02. The molecule has 0 atom stereocenters. The van der Waals surface area contributed by atoms with Crippen molar-refractivity contribution in [3.63, 3.8) is 0 Å². The third-order valence-corrected chi connectivity index (χ3v) is 3.46. The minimum absolute atomic E-state index is 0.00586. The van der Waals surface area contributed by atoms with Crippen molar-refractivity contribution in [2.24, 2.45) is 0 Å². The Kier molecular flexibility index (Phi) is 3.47. The highest BCUT2D eigenvalue weighted by Gasteiger charge is 2.19. The number of hydrogen-bond donors (Lipinski definition) is 0. The van der Waals surface area contributed by atoms with Gasteiger partial charge in [0, 0.05) is 5.39 Å². The van der Waals surface area contributed by atoms with Gasteiger partial charge >= 0.3 is 5.97 Å². The highest BCUT2D eigenvalue weighted by atomic mass is 16.5. The second-order valence-corrected chi connectivity index (χ2v) is 4.94. The Hall–Kier alpha value is -2.95. The van der Waals surface area contributed by atoms with Gasteiger partial charge in [0.15, 0.2) is 0 Å². The Balaban J connectivity index is 2.37. The molecule has 5 nitrogen and oxygen atoms in total. The maximum Gasteiger partial charge on any atom is 0.344 e. The molecule has 0 spiro atoms. The van der Waals surface area contributed by atoms with Crippen LogP contribution in [-0.2, 0) is 4.74 Å². The Morgan fingerprint density at radius 1 is 1.09 bits per heavy atom. The highest BCUT2D eigenvalue weighted by Crippen LogP contribution is 2.16. The molecular weight excluding hydrogens is 280 g/mol. The normalized spacial score (nSPS) is 10.6. The summed E-state index contributed by atoms with van der Waals surface area (Å²) in [5.74, 6) is -0.663. The SMILES string of the molecule is COC(=O)c1c(=O)n(-c2ccc(C)cc2)nc2ccccc12. The largest absolute Gasteiger partial charge is 0.465 e. The zero-order valence-electron chi connectivity index (χ0n) is 12.2. The van der Waals surface area contributed by atoms with Crippen LogP contribution in [0.1, 0.15) is 15.9 Å². The van der Waals surface area contributed by atoms with Crippen LogP contribution in [0.15, 0.2) is 53.3 Å². The molecule has 3 rings (SSSR count). The van der Waals surface area contributed by atoms with E-state index in [1.807, 2.05) is 19.1 Å². The van der Waals surface area contributed by atoms with Gasteiger partial charge < -0.3 is 4.74 Å². The van der Waals surface area contributed by atoms with E-state index in [4.69, 9.17) is 4.74 Å². The van der Waals surface area contributed by atoms with E-state index in [0.717, 1.165) is 5.56 Å². The van der Waals surface area contributed by atoms with Crippen LogP contribution in [0.3, 0.4) is 0 Å². The Morgan fingerprint density at radius 3 is 2.45 bits per heavy atom. The molecule has 0 saturated carbocycles. The number of fused-ring (bicyclic) bond motifs is 1. The molecule has 0 aliphatic rings. The van der Waals surface area contributed by atoms with Gasteiger partial charge in [-0.25, -0.2) is 4.79 Å². The van der Waals surface area contributed by atoms with Crippen molar-refractivity contribution < 1.29 is 9.53 Å². The fourth-order valence-corrected chi connectivity index (χ4v) is 2.31. The topological polar surface area (TPSA) is 61.2 Å². The van der Waals surface area contributed by atoms with Crippen LogP contribution < -0.4 is 5.56 Å². The molecule has 0 N–H and O–H groups in total. The molecule has 0 bridgehead atoms. The van der Waals surface area contributed by atoms with Crippen LogP contribution in [0.4, 0.5) is 0 Å². The lowest BCUT2D eigenvalue weighted by Gasteiger charge is -2.10. The third kappa shape index (κ3) is 2.26. The minimum atomic E-state index is -0.663. The van der Waals surface area contributed by atoms with E-state index in [2.05, 4.69) is 5.10 Å². The van der Waals surface area contributed by atoms with Crippen LogP contribution in [0.25, 0.3) is 16.6 Å². The van der Waals surface area contributed by atoms with Crippen LogP contribution in [0, 0.1) is 6.92 Å². The summed E-state index contributed by atoms with van der Waals surface area (Å²) in [7, 11) is 1.26. The first-order valence-electron chi connectivity index (χ1n) is 6.79. The van der Waals surface area contributed by atoms with E-state index in [1.165, 1.54) is 11.8 Å². The first kappa shape index (κ1) is 14.0. The number of aromatic nitrogens is 2. The van der Waals surface area contributed by atoms with Crippen molar-refractivity contribution in [2.75, 3.05) is 7.11 Å². The van der Waals surface area contributed by atoms with E-state index >= 15 is 0 Å². The standard InChI is InChI=1S/C17H14N2O3/c1-11-7-9-12(10-8-11)19-16(20)15(17(21)22-2)13-5-3-4-6-14(13)18-19/h3-10H,1-2H3. The number of esters is 1. The molecule has 0 saturated heterocycles. The molecule has 0 aliphatic carbocycles. The maximum atomic E-state index is 12.7. The van der Waals surface area contributed by atoms with E-state index in [1.54, 1.807) is 36.4 Å². The van der Waals surface area contributed by atoms with Gasteiger partial charge in [-0.05, 0) is 25.1 Å². The number of carbonyl (C=O) groups is 1. The molecule has 0 radical (unpaired) electrons. The van der Waals surface area contributed by atoms with E-state index in [9.17, 15) is 9.59 Å². The van der Waals surface area contributed by atoms with Crippen LogP contribution in [0.2, 0.25) is 0 Å². The average Bonchev–Trinajstić information content (AvgIpc) is 2.54. The molecule has 110 valence electrons. The van der Waals surface area contributed by atoms with Gasteiger partial charge in [-0.2, -0.15) is 9.78 Å². The number of methoxy groups -OCH3 is 1. The number of rotatable bonds is 2. The molecule has 1 heterocycles. The van der Waals surface area contributed by atoms with Crippen molar-refractivity contribution in [2.45, 2.75) is 6.92 Å².